The zero-order valence-electron chi connectivity index (χ0n) is 12.6. The summed E-state index contributed by atoms with van der Waals surface area (Å²) in [4.78, 5) is 15.3. The van der Waals surface area contributed by atoms with Crippen LogP contribution in [0.25, 0.3) is 10.9 Å². The highest BCUT2D eigenvalue weighted by atomic mass is 19.1. The minimum absolute atomic E-state index is 0.223. The lowest BCUT2D eigenvalue weighted by Crippen LogP contribution is -2.41. The molecule has 0 saturated carbocycles. The van der Waals surface area contributed by atoms with Crippen molar-refractivity contribution in [2.75, 3.05) is 0 Å². The minimum atomic E-state index is -0.630. The molecule has 118 valence electrons. The highest BCUT2D eigenvalue weighted by Gasteiger charge is 2.15. The number of amides is 1. The van der Waals surface area contributed by atoms with E-state index >= 15 is 0 Å². The summed E-state index contributed by atoms with van der Waals surface area (Å²) < 4.78 is 12.8. The van der Waals surface area contributed by atoms with Crippen LogP contribution in [0.15, 0.2) is 54.7 Å². The number of carbonyl (C=O) groups is 1. The van der Waals surface area contributed by atoms with Gasteiger partial charge < -0.3 is 16.0 Å². The van der Waals surface area contributed by atoms with Gasteiger partial charge in [-0.05, 0) is 35.7 Å². The standard InChI is InChI=1S/C18H18FN3O/c19-14-7-5-12(6-8-14)10-22-18(23)16(20)9-13-11-21-17-4-2-1-3-15(13)17/h1-8,11,16,21H,9-10,20H2,(H,22,23)/t16-/m0/s1. The summed E-state index contributed by atoms with van der Waals surface area (Å²) >= 11 is 0. The number of halogens is 1. The molecule has 1 heterocycles. The molecule has 0 radical (unpaired) electrons. The van der Waals surface area contributed by atoms with Crippen LogP contribution in [0.1, 0.15) is 11.1 Å². The Morgan fingerprint density at radius 1 is 1.17 bits per heavy atom. The van der Waals surface area contributed by atoms with E-state index in [2.05, 4.69) is 10.3 Å². The van der Waals surface area contributed by atoms with Crippen molar-refractivity contribution < 1.29 is 9.18 Å². The summed E-state index contributed by atoms with van der Waals surface area (Å²) in [5, 5.41) is 3.86. The molecule has 0 fully saturated rings. The molecule has 0 aliphatic carbocycles. The Balaban J connectivity index is 1.60. The van der Waals surface area contributed by atoms with E-state index in [0.717, 1.165) is 22.0 Å². The summed E-state index contributed by atoms with van der Waals surface area (Å²) in [6.45, 7) is 0.334. The van der Waals surface area contributed by atoms with Crippen molar-refractivity contribution in [3.63, 3.8) is 0 Å². The van der Waals surface area contributed by atoms with Gasteiger partial charge in [0.25, 0.3) is 0 Å². The number of aromatic nitrogens is 1. The van der Waals surface area contributed by atoms with Crippen molar-refractivity contribution in [3.05, 3.63) is 71.7 Å². The number of rotatable bonds is 5. The summed E-state index contributed by atoms with van der Waals surface area (Å²) in [7, 11) is 0. The SMILES string of the molecule is N[C@@H](Cc1c[nH]c2ccccc12)C(=O)NCc1ccc(F)cc1. The van der Waals surface area contributed by atoms with Crippen LogP contribution in [0.5, 0.6) is 0 Å². The van der Waals surface area contributed by atoms with E-state index in [1.165, 1.54) is 12.1 Å². The molecule has 0 unspecified atom stereocenters. The van der Waals surface area contributed by atoms with Gasteiger partial charge in [0.05, 0.1) is 6.04 Å². The molecule has 0 aliphatic rings. The van der Waals surface area contributed by atoms with Crippen LogP contribution >= 0.6 is 0 Å². The Morgan fingerprint density at radius 3 is 2.70 bits per heavy atom. The lowest BCUT2D eigenvalue weighted by molar-refractivity contribution is -0.122. The van der Waals surface area contributed by atoms with Crippen LogP contribution in [0.3, 0.4) is 0 Å². The van der Waals surface area contributed by atoms with Gasteiger partial charge in [0.15, 0.2) is 0 Å². The molecule has 0 spiro atoms. The number of hydrogen-bond acceptors (Lipinski definition) is 2. The van der Waals surface area contributed by atoms with Crippen LogP contribution in [0, 0.1) is 5.82 Å². The number of nitrogens with two attached hydrogens (primary N) is 1. The van der Waals surface area contributed by atoms with Gasteiger partial charge in [0, 0.05) is 23.6 Å². The highest BCUT2D eigenvalue weighted by molar-refractivity contribution is 5.86. The third-order valence-corrected chi connectivity index (χ3v) is 3.83. The number of fused-ring (bicyclic) bond motifs is 1. The molecule has 1 atom stereocenters. The smallest absolute Gasteiger partial charge is 0.237 e. The fourth-order valence-electron chi connectivity index (χ4n) is 2.55. The summed E-state index contributed by atoms with van der Waals surface area (Å²) in [5.41, 5.74) is 8.88. The number of nitrogens with one attached hydrogen (secondary N) is 2. The van der Waals surface area contributed by atoms with E-state index in [1.54, 1.807) is 12.1 Å². The quantitative estimate of drug-likeness (QED) is 0.677. The Labute approximate surface area is 133 Å². The molecule has 1 amide bonds. The molecule has 4 nitrogen and oxygen atoms in total. The Kier molecular flexibility index (Phi) is 4.39. The molecule has 5 heteroatoms. The Hall–Kier alpha value is -2.66. The minimum Gasteiger partial charge on any atom is -0.361 e. The van der Waals surface area contributed by atoms with Crippen molar-refractivity contribution in [1.29, 1.82) is 0 Å². The molecule has 1 aromatic heterocycles. The molecule has 0 aliphatic heterocycles. The van der Waals surface area contributed by atoms with Crippen molar-refractivity contribution in [2.45, 2.75) is 19.0 Å². The van der Waals surface area contributed by atoms with E-state index in [1.807, 2.05) is 30.5 Å². The molecule has 4 N–H and O–H groups in total. The summed E-state index contributed by atoms with van der Waals surface area (Å²) in [6, 6.07) is 13.3. The molecular weight excluding hydrogens is 293 g/mol. The molecular formula is C18H18FN3O. The van der Waals surface area contributed by atoms with Crippen molar-refractivity contribution in [1.82, 2.24) is 10.3 Å². The predicted octanol–water partition coefficient (Wildman–Crippen LogP) is 2.49. The second-order valence-corrected chi connectivity index (χ2v) is 5.51. The topological polar surface area (TPSA) is 70.9 Å². The van der Waals surface area contributed by atoms with E-state index < -0.39 is 6.04 Å². The third kappa shape index (κ3) is 3.57. The first-order chi connectivity index (χ1) is 11.1. The zero-order chi connectivity index (χ0) is 16.2. The lowest BCUT2D eigenvalue weighted by atomic mass is 10.0. The van der Waals surface area contributed by atoms with E-state index in [0.29, 0.717) is 13.0 Å². The summed E-state index contributed by atoms with van der Waals surface area (Å²) in [6.07, 6.45) is 2.34. The van der Waals surface area contributed by atoms with Crippen molar-refractivity contribution >= 4 is 16.8 Å². The van der Waals surface area contributed by atoms with Gasteiger partial charge >= 0.3 is 0 Å². The maximum absolute atomic E-state index is 12.8. The number of benzene rings is 2. The highest BCUT2D eigenvalue weighted by Crippen LogP contribution is 2.18. The average molecular weight is 311 g/mol. The van der Waals surface area contributed by atoms with Gasteiger partial charge in [0.2, 0.25) is 5.91 Å². The van der Waals surface area contributed by atoms with Gasteiger partial charge in [-0.1, -0.05) is 30.3 Å². The largest absolute Gasteiger partial charge is 0.361 e. The van der Waals surface area contributed by atoms with Gasteiger partial charge in [-0.2, -0.15) is 0 Å². The molecule has 2 aromatic carbocycles. The molecule has 0 saturated heterocycles. The first-order valence-corrected chi connectivity index (χ1v) is 7.46. The van der Waals surface area contributed by atoms with Gasteiger partial charge in [-0.25, -0.2) is 4.39 Å². The number of hydrogen-bond donors (Lipinski definition) is 3. The molecule has 3 rings (SSSR count). The fourth-order valence-corrected chi connectivity index (χ4v) is 2.55. The number of H-pyrrole nitrogens is 1. The third-order valence-electron chi connectivity index (χ3n) is 3.83. The van der Waals surface area contributed by atoms with Crippen LogP contribution < -0.4 is 11.1 Å². The van der Waals surface area contributed by atoms with E-state index in [9.17, 15) is 9.18 Å². The first-order valence-electron chi connectivity index (χ1n) is 7.46. The first kappa shape index (κ1) is 15.2. The lowest BCUT2D eigenvalue weighted by Gasteiger charge is -2.12. The van der Waals surface area contributed by atoms with E-state index in [4.69, 9.17) is 5.73 Å². The van der Waals surface area contributed by atoms with Gasteiger partial charge in [0.1, 0.15) is 5.82 Å². The summed E-state index contributed by atoms with van der Waals surface area (Å²) in [5.74, 6) is -0.518. The second kappa shape index (κ2) is 6.62. The Bertz CT molecular complexity index is 811. The van der Waals surface area contributed by atoms with Crippen LogP contribution in [-0.4, -0.2) is 16.9 Å². The van der Waals surface area contributed by atoms with Crippen molar-refractivity contribution in [2.24, 2.45) is 5.73 Å². The van der Waals surface area contributed by atoms with E-state index in [-0.39, 0.29) is 11.7 Å². The fraction of sp³-hybridized carbons (Fsp3) is 0.167. The molecule has 23 heavy (non-hydrogen) atoms. The number of carbonyl (C=O) groups excluding carboxylic acids is 1. The normalized spacial score (nSPS) is 12.3. The number of aromatic amines is 1. The van der Waals surface area contributed by atoms with Crippen LogP contribution in [0.4, 0.5) is 4.39 Å². The second-order valence-electron chi connectivity index (χ2n) is 5.51. The molecule has 0 bridgehead atoms. The van der Waals surface area contributed by atoms with Crippen molar-refractivity contribution in [3.8, 4) is 0 Å². The van der Waals surface area contributed by atoms with Crippen LogP contribution in [-0.2, 0) is 17.8 Å². The average Bonchev–Trinajstić information content (AvgIpc) is 2.97. The maximum Gasteiger partial charge on any atom is 0.237 e. The Morgan fingerprint density at radius 2 is 1.91 bits per heavy atom. The molecule has 3 aromatic rings. The zero-order valence-corrected chi connectivity index (χ0v) is 12.6. The maximum atomic E-state index is 12.8. The van der Waals surface area contributed by atoms with Crippen LogP contribution in [0.2, 0.25) is 0 Å². The number of para-hydroxylation sites is 1. The predicted molar refractivity (Wildman–Crippen MR) is 88.2 cm³/mol. The van der Waals surface area contributed by atoms with Gasteiger partial charge in [-0.15, -0.1) is 0 Å². The van der Waals surface area contributed by atoms with Gasteiger partial charge in [-0.3, -0.25) is 4.79 Å². The monoisotopic (exact) mass is 311 g/mol.